The lowest BCUT2D eigenvalue weighted by molar-refractivity contribution is 0.00953. The smallest absolute Gasteiger partial charge is 0.261 e. The summed E-state index contributed by atoms with van der Waals surface area (Å²) in [6.45, 7) is 2.05. The van der Waals surface area contributed by atoms with Gasteiger partial charge in [0.15, 0.2) is 0 Å². The van der Waals surface area contributed by atoms with Gasteiger partial charge < -0.3 is 14.5 Å². The molecule has 1 heterocycles. The summed E-state index contributed by atoms with van der Waals surface area (Å²) in [7, 11) is 1.81. The van der Waals surface area contributed by atoms with E-state index in [0.29, 0.717) is 6.54 Å². The highest BCUT2D eigenvalue weighted by Gasteiger charge is 2.08. The van der Waals surface area contributed by atoms with Crippen LogP contribution in [-0.2, 0) is 17.9 Å². The number of aryl methyl sites for hydroxylation is 1. The molecule has 0 saturated carbocycles. The van der Waals surface area contributed by atoms with Crippen molar-refractivity contribution in [1.29, 1.82) is 0 Å². The SMILES string of the molecule is CNCc1cc(COCC(F)F)c(C)o1. The molecule has 1 N–H and O–H groups in total. The van der Waals surface area contributed by atoms with Gasteiger partial charge in [0.25, 0.3) is 6.43 Å². The van der Waals surface area contributed by atoms with Crippen molar-refractivity contribution in [2.75, 3.05) is 13.7 Å². The molecule has 0 bridgehead atoms. The Morgan fingerprint density at radius 1 is 1.53 bits per heavy atom. The Morgan fingerprint density at radius 2 is 2.27 bits per heavy atom. The van der Waals surface area contributed by atoms with Crippen molar-refractivity contribution < 1.29 is 17.9 Å². The monoisotopic (exact) mass is 219 g/mol. The summed E-state index contributed by atoms with van der Waals surface area (Å²) < 4.78 is 33.8. The maximum absolute atomic E-state index is 11.8. The predicted octanol–water partition coefficient (Wildman–Crippen LogP) is 2.09. The van der Waals surface area contributed by atoms with Gasteiger partial charge in [-0.05, 0) is 20.0 Å². The van der Waals surface area contributed by atoms with Gasteiger partial charge in [0.1, 0.15) is 18.1 Å². The van der Waals surface area contributed by atoms with Gasteiger partial charge >= 0.3 is 0 Å². The molecule has 15 heavy (non-hydrogen) atoms. The maximum atomic E-state index is 11.8. The van der Waals surface area contributed by atoms with Crippen LogP contribution in [0.4, 0.5) is 8.78 Å². The van der Waals surface area contributed by atoms with Crippen LogP contribution >= 0.6 is 0 Å². The van der Waals surface area contributed by atoms with Crippen LogP contribution in [-0.4, -0.2) is 20.1 Å². The second kappa shape index (κ2) is 5.82. The fraction of sp³-hybridized carbons (Fsp3) is 0.600. The Hall–Kier alpha value is -0.940. The van der Waals surface area contributed by atoms with Crippen molar-refractivity contribution in [2.45, 2.75) is 26.5 Å². The summed E-state index contributed by atoms with van der Waals surface area (Å²) in [6, 6.07) is 1.82. The lowest BCUT2D eigenvalue weighted by atomic mass is 10.2. The highest BCUT2D eigenvalue weighted by Crippen LogP contribution is 2.15. The van der Waals surface area contributed by atoms with Crippen LogP contribution in [0.25, 0.3) is 0 Å². The molecule has 3 nitrogen and oxygen atoms in total. The van der Waals surface area contributed by atoms with Crippen LogP contribution in [0.3, 0.4) is 0 Å². The number of furan rings is 1. The van der Waals surface area contributed by atoms with Crippen molar-refractivity contribution >= 4 is 0 Å². The first-order valence-corrected chi connectivity index (χ1v) is 4.72. The molecular formula is C10H15F2NO2. The Balaban J connectivity index is 2.46. The van der Waals surface area contributed by atoms with Crippen molar-refractivity contribution in [2.24, 2.45) is 0 Å². The summed E-state index contributed by atoms with van der Waals surface area (Å²) in [5, 5.41) is 2.94. The van der Waals surface area contributed by atoms with Crippen molar-refractivity contribution in [3.05, 3.63) is 23.2 Å². The van der Waals surface area contributed by atoms with Crippen molar-refractivity contribution in [1.82, 2.24) is 5.32 Å². The van der Waals surface area contributed by atoms with E-state index in [1.165, 1.54) is 0 Å². The van der Waals surface area contributed by atoms with E-state index in [-0.39, 0.29) is 6.61 Å². The minimum atomic E-state index is -2.42. The highest BCUT2D eigenvalue weighted by molar-refractivity contribution is 5.19. The van der Waals surface area contributed by atoms with E-state index in [2.05, 4.69) is 5.32 Å². The van der Waals surface area contributed by atoms with Crippen LogP contribution in [0.1, 0.15) is 17.1 Å². The molecule has 0 amide bonds. The number of nitrogens with one attached hydrogen (secondary N) is 1. The molecule has 1 aromatic heterocycles. The zero-order valence-electron chi connectivity index (χ0n) is 8.85. The van der Waals surface area contributed by atoms with Gasteiger partial charge in [-0.3, -0.25) is 0 Å². The molecule has 1 aromatic rings. The second-order valence-corrected chi connectivity index (χ2v) is 3.23. The van der Waals surface area contributed by atoms with Crippen LogP contribution in [0, 0.1) is 6.92 Å². The van der Waals surface area contributed by atoms with Crippen molar-refractivity contribution in [3.8, 4) is 0 Å². The molecule has 86 valence electrons. The van der Waals surface area contributed by atoms with Crippen LogP contribution < -0.4 is 5.32 Å². The molecule has 0 aliphatic heterocycles. The van der Waals surface area contributed by atoms with Crippen molar-refractivity contribution in [3.63, 3.8) is 0 Å². The third-order valence-corrected chi connectivity index (χ3v) is 1.92. The quantitative estimate of drug-likeness (QED) is 0.795. The predicted molar refractivity (Wildman–Crippen MR) is 51.9 cm³/mol. The Kier molecular flexibility index (Phi) is 4.71. The minimum Gasteiger partial charge on any atom is -0.465 e. The number of rotatable bonds is 6. The molecule has 0 unspecified atom stereocenters. The molecule has 0 saturated heterocycles. The fourth-order valence-corrected chi connectivity index (χ4v) is 1.25. The molecule has 0 aliphatic carbocycles. The van der Waals surface area contributed by atoms with Gasteiger partial charge in [-0.25, -0.2) is 8.78 Å². The number of ether oxygens (including phenoxy) is 1. The third kappa shape index (κ3) is 3.97. The highest BCUT2D eigenvalue weighted by atomic mass is 19.3. The van der Waals surface area contributed by atoms with E-state index < -0.39 is 13.0 Å². The molecule has 0 spiro atoms. The van der Waals surface area contributed by atoms with Gasteiger partial charge in [-0.15, -0.1) is 0 Å². The Bertz CT molecular complexity index is 300. The lowest BCUT2D eigenvalue weighted by Gasteiger charge is -2.01. The first-order chi connectivity index (χ1) is 7.13. The average Bonchev–Trinajstić information content (AvgIpc) is 2.47. The summed E-state index contributed by atoms with van der Waals surface area (Å²) in [4.78, 5) is 0. The summed E-state index contributed by atoms with van der Waals surface area (Å²) in [5.41, 5.74) is 0.820. The summed E-state index contributed by atoms with van der Waals surface area (Å²) >= 11 is 0. The van der Waals surface area contributed by atoms with E-state index in [0.717, 1.165) is 17.1 Å². The normalized spacial score (nSPS) is 11.3. The Labute approximate surface area is 87.4 Å². The average molecular weight is 219 g/mol. The van der Waals surface area contributed by atoms with E-state index >= 15 is 0 Å². The standard InChI is InChI=1S/C10H15F2NO2/c1-7-8(5-14-6-10(11)12)3-9(15-7)4-13-2/h3,10,13H,4-6H2,1-2H3. The molecular weight excluding hydrogens is 204 g/mol. The zero-order valence-corrected chi connectivity index (χ0v) is 8.85. The van der Waals surface area contributed by atoms with E-state index in [1.807, 2.05) is 13.1 Å². The van der Waals surface area contributed by atoms with Gasteiger partial charge in [0, 0.05) is 5.56 Å². The van der Waals surface area contributed by atoms with Gasteiger partial charge in [0.2, 0.25) is 0 Å². The van der Waals surface area contributed by atoms with Crippen LogP contribution in [0.2, 0.25) is 0 Å². The van der Waals surface area contributed by atoms with Gasteiger partial charge in [0.05, 0.1) is 13.2 Å². The molecule has 0 fully saturated rings. The maximum Gasteiger partial charge on any atom is 0.261 e. The van der Waals surface area contributed by atoms with Crippen LogP contribution in [0.15, 0.2) is 10.5 Å². The van der Waals surface area contributed by atoms with E-state index in [4.69, 9.17) is 9.15 Å². The second-order valence-electron chi connectivity index (χ2n) is 3.23. The number of hydrogen-bond acceptors (Lipinski definition) is 3. The molecule has 0 atom stereocenters. The molecule has 0 aliphatic rings. The molecule has 0 aromatic carbocycles. The van der Waals surface area contributed by atoms with Gasteiger partial charge in [-0.1, -0.05) is 0 Å². The Morgan fingerprint density at radius 3 is 2.87 bits per heavy atom. The van der Waals surface area contributed by atoms with E-state index in [1.54, 1.807) is 6.92 Å². The summed E-state index contributed by atoms with van der Waals surface area (Å²) in [5.74, 6) is 1.50. The number of alkyl halides is 2. The first kappa shape index (κ1) is 12.1. The largest absolute Gasteiger partial charge is 0.465 e. The zero-order chi connectivity index (χ0) is 11.3. The summed E-state index contributed by atoms with van der Waals surface area (Å²) in [6.07, 6.45) is -2.42. The third-order valence-electron chi connectivity index (χ3n) is 1.92. The van der Waals surface area contributed by atoms with Crippen LogP contribution in [0.5, 0.6) is 0 Å². The topological polar surface area (TPSA) is 34.4 Å². The fourth-order valence-electron chi connectivity index (χ4n) is 1.25. The number of halogens is 2. The lowest BCUT2D eigenvalue weighted by Crippen LogP contribution is -2.04. The first-order valence-electron chi connectivity index (χ1n) is 4.72. The number of hydrogen-bond donors (Lipinski definition) is 1. The van der Waals surface area contributed by atoms with Gasteiger partial charge in [-0.2, -0.15) is 0 Å². The van der Waals surface area contributed by atoms with E-state index in [9.17, 15) is 8.78 Å². The minimum absolute atomic E-state index is 0.170. The molecule has 0 radical (unpaired) electrons. The molecule has 5 heteroatoms. The molecule has 1 rings (SSSR count).